The Balaban J connectivity index is 1.90. The molecule has 4 heteroatoms. The number of hydrogen-bond acceptors (Lipinski definition) is 3. The Bertz CT molecular complexity index is 476. The van der Waals surface area contributed by atoms with Crippen molar-refractivity contribution in [3.05, 3.63) is 29.8 Å². The number of aliphatic hydroxyl groups is 1. The number of rotatable bonds is 5. The van der Waals surface area contributed by atoms with Crippen LogP contribution in [-0.2, 0) is 4.79 Å². The molecule has 3 N–H and O–H groups in total. The lowest BCUT2D eigenvalue weighted by atomic mass is 9.86. The Hall–Kier alpha value is -1.39. The molecule has 1 fully saturated rings. The van der Waals surface area contributed by atoms with Gasteiger partial charge in [-0.15, -0.1) is 0 Å². The summed E-state index contributed by atoms with van der Waals surface area (Å²) < 4.78 is 0. The van der Waals surface area contributed by atoms with E-state index in [1.54, 1.807) is 0 Å². The number of aliphatic hydroxyl groups excluding tert-OH is 1. The second-order valence-corrected chi connectivity index (χ2v) is 6.05. The number of hydrogen-bond donors (Lipinski definition) is 3. The fraction of sp³-hybridized carbons (Fsp3) is 0.588. The van der Waals surface area contributed by atoms with E-state index in [0.29, 0.717) is 5.92 Å². The van der Waals surface area contributed by atoms with Crippen molar-refractivity contribution in [2.45, 2.75) is 51.7 Å². The molecule has 0 aromatic heterocycles. The van der Waals surface area contributed by atoms with Crippen molar-refractivity contribution in [1.29, 1.82) is 0 Å². The first kappa shape index (κ1) is 16.0. The van der Waals surface area contributed by atoms with Gasteiger partial charge in [0.05, 0.1) is 6.10 Å². The van der Waals surface area contributed by atoms with E-state index in [9.17, 15) is 9.90 Å². The molecule has 21 heavy (non-hydrogen) atoms. The number of amides is 1. The third-order valence-electron chi connectivity index (χ3n) is 4.26. The van der Waals surface area contributed by atoms with Gasteiger partial charge in [-0.3, -0.25) is 4.79 Å². The average molecular weight is 290 g/mol. The summed E-state index contributed by atoms with van der Waals surface area (Å²) in [6.07, 6.45) is 4.23. The molecule has 1 amide bonds. The molecule has 1 aromatic rings. The Morgan fingerprint density at radius 3 is 2.86 bits per heavy atom. The maximum atomic E-state index is 11.1. The van der Waals surface area contributed by atoms with Gasteiger partial charge in [0, 0.05) is 25.2 Å². The van der Waals surface area contributed by atoms with Crippen LogP contribution >= 0.6 is 0 Å². The van der Waals surface area contributed by atoms with Crippen molar-refractivity contribution < 1.29 is 9.90 Å². The molecule has 2 rings (SSSR count). The Morgan fingerprint density at radius 1 is 1.38 bits per heavy atom. The minimum atomic E-state index is -0.163. The topological polar surface area (TPSA) is 61.4 Å². The van der Waals surface area contributed by atoms with Crippen LogP contribution in [0.15, 0.2) is 24.3 Å². The summed E-state index contributed by atoms with van der Waals surface area (Å²) in [5.41, 5.74) is 1.97. The smallest absolute Gasteiger partial charge is 0.221 e. The van der Waals surface area contributed by atoms with Gasteiger partial charge in [0.1, 0.15) is 0 Å². The lowest BCUT2D eigenvalue weighted by Crippen LogP contribution is -2.34. The molecular formula is C17H26N2O2. The van der Waals surface area contributed by atoms with Gasteiger partial charge in [-0.05, 0) is 43.4 Å². The van der Waals surface area contributed by atoms with Crippen LogP contribution < -0.4 is 10.6 Å². The van der Waals surface area contributed by atoms with Gasteiger partial charge >= 0.3 is 0 Å². The molecular weight excluding hydrogens is 264 g/mol. The number of carbonyl (C=O) groups excluding carboxylic acids is 1. The highest BCUT2D eigenvalue weighted by Gasteiger charge is 2.23. The highest BCUT2D eigenvalue weighted by atomic mass is 16.3. The summed E-state index contributed by atoms with van der Waals surface area (Å²) >= 11 is 0. The number of carbonyl (C=O) groups is 1. The molecule has 0 bridgehead atoms. The summed E-state index contributed by atoms with van der Waals surface area (Å²) in [7, 11) is 0. The standard InChI is InChI=1S/C17H26N2O2/c1-12(18-11-15-6-3-4-9-17(15)21)14-7-5-8-16(10-14)19-13(2)20/h5,7-8,10,12,15,17-18,21H,3-4,6,9,11H2,1-2H3,(H,19,20). The zero-order valence-electron chi connectivity index (χ0n) is 12.9. The number of nitrogens with one attached hydrogen (secondary N) is 2. The fourth-order valence-corrected chi connectivity index (χ4v) is 2.96. The van der Waals surface area contributed by atoms with Gasteiger partial charge in [0.25, 0.3) is 0 Å². The van der Waals surface area contributed by atoms with Gasteiger partial charge in [-0.25, -0.2) is 0 Å². The first-order chi connectivity index (χ1) is 10.1. The molecule has 3 atom stereocenters. The Kier molecular flexibility index (Phi) is 5.76. The zero-order valence-corrected chi connectivity index (χ0v) is 12.9. The van der Waals surface area contributed by atoms with Crippen molar-refractivity contribution in [2.24, 2.45) is 5.92 Å². The molecule has 1 aliphatic rings. The third kappa shape index (κ3) is 4.83. The van der Waals surface area contributed by atoms with Crippen molar-refractivity contribution >= 4 is 11.6 Å². The molecule has 4 nitrogen and oxygen atoms in total. The van der Waals surface area contributed by atoms with Crippen LogP contribution in [-0.4, -0.2) is 23.7 Å². The first-order valence-electron chi connectivity index (χ1n) is 7.85. The summed E-state index contributed by atoms with van der Waals surface area (Å²) in [4.78, 5) is 11.1. The lowest BCUT2D eigenvalue weighted by molar-refractivity contribution is -0.114. The van der Waals surface area contributed by atoms with E-state index in [-0.39, 0.29) is 18.1 Å². The van der Waals surface area contributed by atoms with Gasteiger partial charge in [-0.2, -0.15) is 0 Å². The Labute approximate surface area is 126 Å². The van der Waals surface area contributed by atoms with Crippen molar-refractivity contribution in [1.82, 2.24) is 5.32 Å². The summed E-state index contributed by atoms with van der Waals surface area (Å²) in [5.74, 6) is 0.304. The predicted octanol–water partition coefficient (Wildman–Crippen LogP) is 2.85. The maximum absolute atomic E-state index is 11.1. The lowest BCUT2D eigenvalue weighted by Gasteiger charge is -2.29. The molecule has 0 radical (unpaired) electrons. The maximum Gasteiger partial charge on any atom is 0.221 e. The molecule has 1 aromatic carbocycles. The first-order valence-corrected chi connectivity index (χ1v) is 7.85. The average Bonchev–Trinajstić information content (AvgIpc) is 2.45. The van der Waals surface area contributed by atoms with E-state index < -0.39 is 0 Å². The summed E-state index contributed by atoms with van der Waals surface area (Å²) in [6, 6.07) is 8.10. The summed E-state index contributed by atoms with van der Waals surface area (Å²) in [6.45, 7) is 4.47. The minimum absolute atomic E-state index is 0.0573. The monoisotopic (exact) mass is 290 g/mol. The van der Waals surface area contributed by atoms with E-state index in [1.807, 2.05) is 18.2 Å². The second kappa shape index (κ2) is 7.57. The quantitative estimate of drug-likeness (QED) is 0.781. The van der Waals surface area contributed by atoms with E-state index >= 15 is 0 Å². The second-order valence-electron chi connectivity index (χ2n) is 6.05. The van der Waals surface area contributed by atoms with E-state index in [0.717, 1.165) is 37.1 Å². The normalized spacial score (nSPS) is 23.6. The van der Waals surface area contributed by atoms with Gasteiger partial charge < -0.3 is 15.7 Å². The Morgan fingerprint density at radius 2 is 2.14 bits per heavy atom. The van der Waals surface area contributed by atoms with E-state index in [4.69, 9.17) is 0 Å². The van der Waals surface area contributed by atoms with Gasteiger partial charge in [0.2, 0.25) is 5.91 Å². The predicted molar refractivity (Wildman–Crippen MR) is 85.1 cm³/mol. The molecule has 0 aliphatic heterocycles. The molecule has 1 saturated carbocycles. The third-order valence-corrected chi connectivity index (χ3v) is 4.26. The van der Waals surface area contributed by atoms with Crippen LogP contribution in [0.5, 0.6) is 0 Å². The highest BCUT2D eigenvalue weighted by molar-refractivity contribution is 5.88. The SMILES string of the molecule is CC(=O)Nc1cccc(C(C)NCC2CCCCC2O)c1. The van der Waals surface area contributed by atoms with E-state index in [2.05, 4.69) is 23.6 Å². The molecule has 0 heterocycles. The fourth-order valence-electron chi connectivity index (χ4n) is 2.96. The molecule has 116 valence electrons. The van der Waals surface area contributed by atoms with Crippen LogP contribution in [0.1, 0.15) is 51.1 Å². The molecule has 3 unspecified atom stereocenters. The van der Waals surface area contributed by atoms with Crippen LogP contribution in [0.4, 0.5) is 5.69 Å². The largest absolute Gasteiger partial charge is 0.393 e. The summed E-state index contributed by atoms with van der Waals surface area (Å²) in [5, 5.41) is 16.3. The number of benzene rings is 1. The van der Waals surface area contributed by atoms with Crippen molar-refractivity contribution in [3.8, 4) is 0 Å². The van der Waals surface area contributed by atoms with Crippen LogP contribution in [0.25, 0.3) is 0 Å². The van der Waals surface area contributed by atoms with Crippen molar-refractivity contribution in [2.75, 3.05) is 11.9 Å². The molecule has 0 spiro atoms. The molecule has 1 aliphatic carbocycles. The number of anilines is 1. The van der Waals surface area contributed by atoms with Crippen molar-refractivity contribution in [3.63, 3.8) is 0 Å². The van der Waals surface area contributed by atoms with E-state index in [1.165, 1.54) is 13.3 Å². The zero-order chi connectivity index (χ0) is 15.2. The molecule has 0 saturated heterocycles. The van der Waals surface area contributed by atoms with Crippen LogP contribution in [0, 0.1) is 5.92 Å². The van der Waals surface area contributed by atoms with Crippen LogP contribution in [0.2, 0.25) is 0 Å². The minimum Gasteiger partial charge on any atom is -0.393 e. The van der Waals surface area contributed by atoms with Gasteiger partial charge in [-0.1, -0.05) is 25.0 Å². The van der Waals surface area contributed by atoms with Gasteiger partial charge in [0.15, 0.2) is 0 Å². The van der Waals surface area contributed by atoms with Crippen LogP contribution in [0.3, 0.4) is 0 Å². The highest BCUT2D eigenvalue weighted by Crippen LogP contribution is 2.25.